The van der Waals surface area contributed by atoms with Crippen molar-refractivity contribution in [2.75, 3.05) is 5.32 Å². The van der Waals surface area contributed by atoms with Gasteiger partial charge < -0.3 is 5.32 Å². The highest BCUT2D eigenvalue weighted by Crippen LogP contribution is 2.24. The van der Waals surface area contributed by atoms with E-state index in [9.17, 15) is 9.18 Å². The van der Waals surface area contributed by atoms with Crippen LogP contribution in [0.25, 0.3) is 0 Å². The van der Waals surface area contributed by atoms with Crippen LogP contribution in [0.2, 0.25) is 5.02 Å². The van der Waals surface area contributed by atoms with E-state index in [-0.39, 0.29) is 5.69 Å². The molecule has 0 bridgehead atoms. The van der Waals surface area contributed by atoms with Crippen molar-refractivity contribution in [2.24, 2.45) is 0 Å². The lowest BCUT2D eigenvalue weighted by atomic mass is 10.1. The largest absolute Gasteiger partial charge is 0.319 e. The van der Waals surface area contributed by atoms with Gasteiger partial charge in [-0.25, -0.2) is 4.39 Å². The van der Waals surface area contributed by atoms with Crippen molar-refractivity contribution in [1.29, 1.82) is 0 Å². The number of para-hydroxylation sites is 1. The first-order chi connectivity index (χ1) is 8.99. The second kappa shape index (κ2) is 5.72. The predicted molar refractivity (Wildman–Crippen MR) is 78.2 cm³/mol. The number of carbonyl (C=O) groups excluding carboxylic acids is 1. The van der Waals surface area contributed by atoms with Crippen LogP contribution in [0.5, 0.6) is 0 Å². The van der Waals surface area contributed by atoms with Gasteiger partial charge in [0.2, 0.25) is 0 Å². The Hall–Kier alpha value is -1.39. The third kappa shape index (κ3) is 3.14. The lowest BCUT2D eigenvalue weighted by molar-refractivity contribution is 0.102. The highest BCUT2D eigenvalue weighted by atomic mass is 79.9. The van der Waals surface area contributed by atoms with Crippen LogP contribution < -0.4 is 5.32 Å². The van der Waals surface area contributed by atoms with E-state index < -0.39 is 11.7 Å². The summed E-state index contributed by atoms with van der Waals surface area (Å²) in [6.45, 7) is 1.73. The number of hydrogen-bond donors (Lipinski definition) is 1. The van der Waals surface area contributed by atoms with Crippen LogP contribution in [0.3, 0.4) is 0 Å². The second-order valence-electron chi connectivity index (χ2n) is 4.01. The summed E-state index contributed by atoms with van der Waals surface area (Å²) in [6.07, 6.45) is 0. The molecule has 0 aliphatic rings. The minimum atomic E-state index is -0.466. The Morgan fingerprint density at radius 3 is 2.74 bits per heavy atom. The molecule has 2 nitrogen and oxygen atoms in total. The average molecular weight is 343 g/mol. The van der Waals surface area contributed by atoms with E-state index >= 15 is 0 Å². The number of rotatable bonds is 2. The lowest BCUT2D eigenvalue weighted by Crippen LogP contribution is -2.14. The predicted octanol–water partition coefficient (Wildman–Crippen LogP) is 4.80. The van der Waals surface area contributed by atoms with Crippen molar-refractivity contribution in [3.05, 3.63) is 62.8 Å². The molecule has 0 radical (unpaired) electrons. The number of hydrogen-bond acceptors (Lipinski definition) is 1. The zero-order valence-corrected chi connectivity index (χ0v) is 12.3. The van der Waals surface area contributed by atoms with Crippen LogP contribution in [0.15, 0.2) is 40.9 Å². The van der Waals surface area contributed by atoms with E-state index in [1.165, 1.54) is 12.1 Å². The monoisotopic (exact) mass is 341 g/mol. The minimum Gasteiger partial charge on any atom is -0.319 e. The zero-order chi connectivity index (χ0) is 14.0. The summed E-state index contributed by atoms with van der Waals surface area (Å²) in [7, 11) is 0. The molecule has 0 atom stereocenters. The second-order valence-corrected chi connectivity index (χ2v) is 5.30. The Morgan fingerprint density at radius 1 is 1.32 bits per heavy atom. The molecule has 0 fully saturated rings. The average Bonchev–Trinajstić information content (AvgIpc) is 2.37. The van der Waals surface area contributed by atoms with E-state index in [0.717, 1.165) is 0 Å². The highest BCUT2D eigenvalue weighted by molar-refractivity contribution is 9.10. The molecule has 0 heterocycles. The molecular formula is C14H10BrClFNO. The SMILES string of the molecule is Cc1cccc(F)c1NC(=O)c1cc(Cl)ccc1Br. The van der Waals surface area contributed by atoms with Gasteiger partial charge in [0.05, 0.1) is 11.3 Å². The maximum absolute atomic E-state index is 13.7. The van der Waals surface area contributed by atoms with E-state index in [0.29, 0.717) is 20.6 Å². The fourth-order valence-electron chi connectivity index (χ4n) is 1.64. The van der Waals surface area contributed by atoms with E-state index in [1.807, 2.05) is 0 Å². The molecule has 1 amide bonds. The van der Waals surface area contributed by atoms with Gasteiger partial charge in [-0.2, -0.15) is 0 Å². The molecule has 0 saturated carbocycles. The number of aryl methyl sites for hydroxylation is 1. The van der Waals surface area contributed by atoms with Crippen LogP contribution >= 0.6 is 27.5 Å². The molecule has 0 spiro atoms. The van der Waals surface area contributed by atoms with Crippen LogP contribution in [-0.4, -0.2) is 5.91 Å². The Labute approximate surface area is 123 Å². The molecule has 98 valence electrons. The highest BCUT2D eigenvalue weighted by Gasteiger charge is 2.14. The number of carbonyl (C=O) groups is 1. The Bertz CT molecular complexity index is 625. The maximum atomic E-state index is 13.7. The van der Waals surface area contributed by atoms with Crippen LogP contribution in [-0.2, 0) is 0 Å². The summed E-state index contributed by atoms with van der Waals surface area (Å²) in [4.78, 5) is 12.1. The molecule has 0 aliphatic heterocycles. The van der Waals surface area contributed by atoms with Gasteiger partial charge in [-0.1, -0.05) is 23.7 Å². The maximum Gasteiger partial charge on any atom is 0.256 e. The summed E-state index contributed by atoms with van der Waals surface area (Å²) in [5.41, 5.74) is 1.20. The third-order valence-corrected chi connectivity index (χ3v) is 3.56. The summed E-state index contributed by atoms with van der Waals surface area (Å²) in [5.74, 6) is -0.880. The van der Waals surface area contributed by atoms with Crippen LogP contribution in [0.1, 0.15) is 15.9 Å². The van der Waals surface area contributed by atoms with Gasteiger partial charge in [0.15, 0.2) is 0 Å². The standard InChI is InChI=1S/C14H10BrClFNO/c1-8-3-2-4-12(17)13(8)18-14(19)10-7-9(16)5-6-11(10)15/h2-7H,1H3,(H,18,19). The van der Waals surface area contributed by atoms with E-state index in [1.54, 1.807) is 31.2 Å². The van der Waals surface area contributed by atoms with Crippen molar-refractivity contribution in [3.63, 3.8) is 0 Å². The Balaban J connectivity index is 2.34. The summed E-state index contributed by atoms with van der Waals surface area (Å²) < 4.78 is 14.3. The molecule has 0 saturated heterocycles. The fraction of sp³-hybridized carbons (Fsp3) is 0.0714. The Kier molecular flexibility index (Phi) is 4.22. The van der Waals surface area contributed by atoms with Crippen LogP contribution in [0.4, 0.5) is 10.1 Å². The van der Waals surface area contributed by atoms with Crippen molar-refractivity contribution in [3.8, 4) is 0 Å². The molecule has 2 aromatic rings. The molecule has 19 heavy (non-hydrogen) atoms. The number of nitrogens with one attached hydrogen (secondary N) is 1. The molecule has 0 unspecified atom stereocenters. The summed E-state index contributed by atoms with van der Waals surface area (Å²) >= 11 is 9.12. The molecule has 1 N–H and O–H groups in total. The van der Waals surface area contributed by atoms with E-state index in [2.05, 4.69) is 21.2 Å². The van der Waals surface area contributed by atoms with Crippen LogP contribution in [0, 0.1) is 12.7 Å². The van der Waals surface area contributed by atoms with Gasteiger partial charge in [0, 0.05) is 9.50 Å². The smallest absolute Gasteiger partial charge is 0.256 e. The fourth-order valence-corrected chi connectivity index (χ4v) is 2.24. The molecule has 2 rings (SSSR count). The minimum absolute atomic E-state index is 0.180. The third-order valence-electron chi connectivity index (χ3n) is 2.63. The number of anilines is 1. The lowest BCUT2D eigenvalue weighted by Gasteiger charge is -2.10. The molecular weight excluding hydrogens is 333 g/mol. The first-order valence-electron chi connectivity index (χ1n) is 5.50. The number of benzene rings is 2. The van der Waals surface area contributed by atoms with Crippen molar-refractivity contribution in [1.82, 2.24) is 0 Å². The topological polar surface area (TPSA) is 29.1 Å². The quantitative estimate of drug-likeness (QED) is 0.834. The Morgan fingerprint density at radius 2 is 2.05 bits per heavy atom. The molecule has 0 aliphatic carbocycles. The number of amides is 1. The van der Waals surface area contributed by atoms with Crippen molar-refractivity contribution in [2.45, 2.75) is 6.92 Å². The normalized spacial score (nSPS) is 10.3. The van der Waals surface area contributed by atoms with Crippen molar-refractivity contribution < 1.29 is 9.18 Å². The molecule has 2 aromatic carbocycles. The van der Waals surface area contributed by atoms with Gasteiger partial charge in [-0.15, -0.1) is 0 Å². The van der Waals surface area contributed by atoms with Gasteiger partial charge in [0.1, 0.15) is 5.82 Å². The first-order valence-corrected chi connectivity index (χ1v) is 6.67. The first kappa shape index (κ1) is 14.0. The zero-order valence-electron chi connectivity index (χ0n) is 10.0. The summed E-state index contributed by atoms with van der Waals surface area (Å²) in [5, 5.41) is 3.00. The summed E-state index contributed by atoms with van der Waals surface area (Å²) in [6, 6.07) is 9.48. The van der Waals surface area contributed by atoms with E-state index in [4.69, 9.17) is 11.6 Å². The molecule has 0 aromatic heterocycles. The van der Waals surface area contributed by atoms with Gasteiger partial charge in [-0.3, -0.25) is 4.79 Å². The van der Waals surface area contributed by atoms with Gasteiger partial charge >= 0.3 is 0 Å². The van der Waals surface area contributed by atoms with Gasteiger partial charge in [0.25, 0.3) is 5.91 Å². The van der Waals surface area contributed by atoms with Gasteiger partial charge in [-0.05, 0) is 52.7 Å². The number of halogens is 3. The molecule has 5 heteroatoms. The van der Waals surface area contributed by atoms with Crippen molar-refractivity contribution >= 4 is 39.1 Å².